The average molecular weight is 507 g/mol. The summed E-state index contributed by atoms with van der Waals surface area (Å²) in [5.41, 5.74) is -0.245. The number of carbonyl (C=O) groups is 2. The van der Waals surface area contributed by atoms with E-state index in [2.05, 4.69) is 16.8 Å². The fourth-order valence-electron chi connectivity index (χ4n) is 9.70. The number of carbonyl (C=O) groups excluding carboxylic acids is 2. The molecule has 3 saturated heterocycles. The standard InChI is InChI=1S/C29H38N4O4/c1-3-15-31-18-21-17-23-24-13-8-14-28(24,31)29(21,20-11-7-12-22(16-20)33(36)37)32(25(23)26(34)30-2)27(35)19-9-5-4-6-10-19/h3,7,11-12,16,19,21,23-25H,1,4-6,8-10,13-15,17-18H2,2H3,(H,30,34)/t21-,23+,24+,25-,28-,29-/m0/s1. The molecule has 6 fully saturated rings. The highest BCUT2D eigenvalue weighted by atomic mass is 16.6. The van der Waals surface area contributed by atoms with Crippen LogP contribution in [0.3, 0.4) is 0 Å². The van der Waals surface area contributed by atoms with Crippen molar-refractivity contribution in [3.8, 4) is 0 Å². The van der Waals surface area contributed by atoms with Crippen molar-refractivity contribution < 1.29 is 14.5 Å². The van der Waals surface area contributed by atoms with Crippen LogP contribution < -0.4 is 5.32 Å². The van der Waals surface area contributed by atoms with Gasteiger partial charge in [0, 0.05) is 44.1 Å². The molecule has 198 valence electrons. The topological polar surface area (TPSA) is 95.8 Å². The normalized spacial score (nSPS) is 36.8. The summed E-state index contributed by atoms with van der Waals surface area (Å²) < 4.78 is 0. The van der Waals surface area contributed by atoms with Gasteiger partial charge in [0.25, 0.3) is 5.69 Å². The Morgan fingerprint density at radius 2 is 2.00 bits per heavy atom. The Balaban J connectivity index is 1.64. The van der Waals surface area contributed by atoms with E-state index in [0.29, 0.717) is 6.54 Å². The van der Waals surface area contributed by atoms with Crippen LogP contribution in [0.5, 0.6) is 0 Å². The van der Waals surface area contributed by atoms with Gasteiger partial charge in [0.15, 0.2) is 0 Å². The third-order valence-corrected chi connectivity index (χ3v) is 10.6. The maximum Gasteiger partial charge on any atom is 0.269 e. The van der Waals surface area contributed by atoms with E-state index in [9.17, 15) is 19.7 Å². The van der Waals surface area contributed by atoms with Crippen molar-refractivity contribution in [3.63, 3.8) is 0 Å². The highest BCUT2D eigenvalue weighted by molar-refractivity contribution is 5.91. The maximum atomic E-state index is 14.7. The van der Waals surface area contributed by atoms with Gasteiger partial charge < -0.3 is 10.2 Å². The fourth-order valence-corrected chi connectivity index (χ4v) is 9.70. The molecule has 1 aromatic carbocycles. The van der Waals surface area contributed by atoms with Gasteiger partial charge in [0.1, 0.15) is 6.04 Å². The quantitative estimate of drug-likeness (QED) is 0.357. The molecule has 6 atom stereocenters. The minimum absolute atomic E-state index is 0.0433. The molecule has 3 aliphatic heterocycles. The van der Waals surface area contributed by atoms with Crippen LogP contribution in [0.25, 0.3) is 0 Å². The summed E-state index contributed by atoms with van der Waals surface area (Å²) in [5, 5.41) is 14.8. The molecule has 1 N–H and O–H groups in total. The van der Waals surface area contributed by atoms with Crippen LogP contribution in [0.4, 0.5) is 5.69 Å². The molecule has 1 aromatic rings. The Bertz CT molecular complexity index is 1130. The number of likely N-dealkylation sites (tertiary alicyclic amines) is 1. The minimum Gasteiger partial charge on any atom is -0.357 e. The minimum atomic E-state index is -0.774. The van der Waals surface area contributed by atoms with Crippen LogP contribution in [0.15, 0.2) is 36.9 Å². The summed E-state index contributed by atoms with van der Waals surface area (Å²) in [6.45, 7) is 5.58. The van der Waals surface area contributed by atoms with Gasteiger partial charge in [-0.15, -0.1) is 6.58 Å². The largest absolute Gasteiger partial charge is 0.357 e. The van der Waals surface area contributed by atoms with Crippen molar-refractivity contribution in [3.05, 3.63) is 52.6 Å². The summed E-state index contributed by atoms with van der Waals surface area (Å²) in [5.74, 6) is 0.347. The number of piperidine rings is 2. The summed E-state index contributed by atoms with van der Waals surface area (Å²) in [4.78, 5) is 44.5. The molecular weight excluding hydrogens is 468 g/mol. The zero-order chi connectivity index (χ0) is 25.9. The number of nitrogens with zero attached hydrogens (tertiary/aromatic N) is 3. The average Bonchev–Trinajstić information content (AvgIpc) is 3.47. The first-order valence-electron chi connectivity index (χ1n) is 14.1. The third kappa shape index (κ3) is 3.11. The lowest BCUT2D eigenvalue weighted by molar-refractivity contribution is -0.385. The predicted octanol–water partition coefficient (Wildman–Crippen LogP) is 4.00. The summed E-state index contributed by atoms with van der Waals surface area (Å²) in [7, 11) is 1.66. The molecule has 0 unspecified atom stereocenters. The van der Waals surface area contributed by atoms with Crippen LogP contribution >= 0.6 is 0 Å². The lowest BCUT2D eigenvalue weighted by Gasteiger charge is -2.69. The van der Waals surface area contributed by atoms with E-state index < -0.39 is 11.6 Å². The van der Waals surface area contributed by atoms with E-state index in [0.717, 1.165) is 69.9 Å². The Labute approximate surface area is 218 Å². The summed E-state index contributed by atoms with van der Waals surface area (Å²) in [6.07, 6.45) is 10.7. The number of nitro groups is 1. The van der Waals surface area contributed by atoms with Gasteiger partial charge in [-0.3, -0.25) is 24.6 Å². The lowest BCUT2D eigenvalue weighted by Crippen LogP contribution is -2.81. The zero-order valence-corrected chi connectivity index (χ0v) is 21.7. The molecule has 7 rings (SSSR count). The van der Waals surface area contributed by atoms with Crippen molar-refractivity contribution >= 4 is 17.5 Å². The smallest absolute Gasteiger partial charge is 0.269 e. The van der Waals surface area contributed by atoms with Gasteiger partial charge >= 0.3 is 0 Å². The van der Waals surface area contributed by atoms with E-state index >= 15 is 0 Å². The lowest BCUT2D eigenvalue weighted by atomic mass is 9.48. The van der Waals surface area contributed by atoms with Crippen molar-refractivity contribution in [2.75, 3.05) is 20.1 Å². The Morgan fingerprint density at radius 3 is 2.70 bits per heavy atom. The van der Waals surface area contributed by atoms with Gasteiger partial charge in [0.05, 0.1) is 16.0 Å². The molecule has 8 nitrogen and oxygen atoms in total. The van der Waals surface area contributed by atoms with Crippen LogP contribution in [0, 0.1) is 33.8 Å². The second-order valence-electron chi connectivity index (χ2n) is 11.9. The molecule has 3 heterocycles. The molecule has 4 bridgehead atoms. The van der Waals surface area contributed by atoms with Gasteiger partial charge in [-0.25, -0.2) is 0 Å². The molecule has 8 heteroatoms. The van der Waals surface area contributed by atoms with Crippen LogP contribution in [-0.4, -0.2) is 58.3 Å². The number of non-ortho nitro benzene ring substituents is 1. The fraction of sp³-hybridized carbons (Fsp3) is 0.655. The summed E-state index contributed by atoms with van der Waals surface area (Å²) in [6, 6.07) is 6.44. The van der Waals surface area contributed by atoms with Gasteiger partial charge in [0.2, 0.25) is 11.8 Å². The zero-order valence-electron chi connectivity index (χ0n) is 21.7. The van der Waals surface area contributed by atoms with E-state index in [-0.39, 0.29) is 51.6 Å². The first-order valence-corrected chi connectivity index (χ1v) is 14.1. The van der Waals surface area contributed by atoms with E-state index in [1.54, 1.807) is 19.2 Å². The number of likely N-dealkylation sites (N-methyl/N-ethyl adjacent to an activating group) is 1. The molecule has 1 spiro atoms. The number of benzene rings is 1. The number of fused-ring (bicyclic) bond motifs is 1. The number of rotatable bonds is 6. The van der Waals surface area contributed by atoms with Crippen LogP contribution in [-0.2, 0) is 15.1 Å². The monoisotopic (exact) mass is 506 g/mol. The van der Waals surface area contributed by atoms with Crippen LogP contribution in [0.1, 0.15) is 63.4 Å². The van der Waals surface area contributed by atoms with Crippen molar-refractivity contribution in [1.29, 1.82) is 0 Å². The SMILES string of the molecule is C=CCN1C[C@@H]2C[C@H]3[C@@H](C(=O)NC)N(C(=O)C4CCCCC4)[C@]2(c2cccc([N+](=O)[O-])c2)[C@@]12CCC[C@H]32. The maximum absolute atomic E-state index is 14.7. The summed E-state index contributed by atoms with van der Waals surface area (Å²) >= 11 is 0. The predicted molar refractivity (Wildman–Crippen MR) is 139 cm³/mol. The molecule has 3 aliphatic carbocycles. The molecule has 37 heavy (non-hydrogen) atoms. The highest BCUT2D eigenvalue weighted by Gasteiger charge is 2.80. The van der Waals surface area contributed by atoms with Crippen molar-refractivity contribution in [2.45, 2.75) is 74.9 Å². The first kappa shape index (κ1) is 24.6. The van der Waals surface area contributed by atoms with E-state index in [1.807, 2.05) is 17.0 Å². The van der Waals surface area contributed by atoms with Gasteiger partial charge in [-0.05, 0) is 49.5 Å². The molecular formula is C29H38N4O4. The highest BCUT2D eigenvalue weighted by Crippen LogP contribution is 2.72. The van der Waals surface area contributed by atoms with E-state index in [1.165, 1.54) is 6.07 Å². The number of nitrogens with one attached hydrogen (secondary N) is 1. The first-order chi connectivity index (χ1) is 17.9. The second-order valence-corrected chi connectivity index (χ2v) is 11.9. The van der Waals surface area contributed by atoms with E-state index in [4.69, 9.17) is 0 Å². The van der Waals surface area contributed by atoms with Gasteiger partial charge in [-0.1, -0.05) is 43.9 Å². The molecule has 0 aromatic heterocycles. The second kappa shape index (κ2) is 8.93. The Morgan fingerprint density at radius 1 is 1.22 bits per heavy atom. The Kier molecular flexibility index (Phi) is 5.93. The van der Waals surface area contributed by atoms with Crippen molar-refractivity contribution in [1.82, 2.24) is 15.1 Å². The van der Waals surface area contributed by atoms with Crippen molar-refractivity contribution in [2.24, 2.45) is 23.7 Å². The Hall–Kier alpha value is -2.74. The molecule has 2 amide bonds. The number of hydrogen-bond donors (Lipinski definition) is 1. The number of hydrogen-bond acceptors (Lipinski definition) is 5. The molecule has 6 aliphatic rings. The molecule has 3 saturated carbocycles. The third-order valence-electron chi connectivity index (χ3n) is 10.6. The molecule has 0 radical (unpaired) electrons. The van der Waals surface area contributed by atoms with Crippen LogP contribution in [0.2, 0.25) is 0 Å². The number of amides is 2. The van der Waals surface area contributed by atoms with Gasteiger partial charge in [-0.2, -0.15) is 0 Å². The number of nitro benzene ring substituents is 1.